The highest BCUT2D eigenvalue weighted by atomic mass is 16.5. The number of fused-ring (bicyclic) bond motifs is 1. The molecule has 1 aliphatic rings. The summed E-state index contributed by atoms with van der Waals surface area (Å²) in [4.78, 5) is 4.50. The van der Waals surface area contributed by atoms with Gasteiger partial charge in [0.2, 0.25) is 5.95 Å². The van der Waals surface area contributed by atoms with Crippen LogP contribution in [0.1, 0.15) is 44.2 Å². The summed E-state index contributed by atoms with van der Waals surface area (Å²) in [5.41, 5.74) is 3.82. The Morgan fingerprint density at radius 1 is 1.32 bits per heavy atom. The lowest BCUT2D eigenvalue weighted by Crippen LogP contribution is -2.23. The highest BCUT2D eigenvalue weighted by molar-refractivity contribution is 5.79. The molecule has 9 nitrogen and oxygen atoms in total. The van der Waals surface area contributed by atoms with Gasteiger partial charge in [-0.3, -0.25) is 4.68 Å². The van der Waals surface area contributed by atoms with Crippen molar-refractivity contribution in [1.29, 1.82) is 0 Å². The summed E-state index contributed by atoms with van der Waals surface area (Å²) >= 11 is 0. The molecule has 3 aromatic rings. The van der Waals surface area contributed by atoms with E-state index < -0.39 is 0 Å². The Kier molecular flexibility index (Phi) is 5.27. The van der Waals surface area contributed by atoms with Gasteiger partial charge in [-0.1, -0.05) is 5.21 Å². The molecule has 28 heavy (non-hydrogen) atoms. The Morgan fingerprint density at radius 3 is 2.79 bits per heavy atom. The van der Waals surface area contributed by atoms with Crippen molar-refractivity contribution >= 4 is 11.5 Å². The number of anilines is 1. The van der Waals surface area contributed by atoms with Gasteiger partial charge < -0.3 is 15.2 Å². The highest BCUT2D eigenvalue weighted by Gasteiger charge is 2.26. The molecule has 4 rings (SSSR count). The average molecular weight is 385 g/mol. The lowest BCUT2D eigenvalue weighted by atomic mass is 9.85. The van der Waals surface area contributed by atoms with E-state index in [0.717, 1.165) is 48.2 Å². The summed E-state index contributed by atoms with van der Waals surface area (Å²) in [6.45, 7) is 2.60. The first-order valence-corrected chi connectivity index (χ1v) is 9.74. The molecule has 2 N–H and O–H groups in total. The van der Waals surface area contributed by atoms with E-state index in [0.29, 0.717) is 18.5 Å². The van der Waals surface area contributed by atoms with Crippen LogP contribution in [-0.4, -0.2) is 60.6 Å². The summed E-state index contributed by atoms with van der Waals surface area (Å²) in [5.74, 6) is 0.913. The topological polar surface area (TPSA) is 102 Å². The maximum atomic E-state index is 9.89. The van der Waals surface area contributed by atoms with E-state index in [2.05, 4.69) is 26.7 Å². The molecule has 0 bridgehead atoms. The van der Waals surface area contributed by atoms with Gasteiger partial charge >= 0.3 is 0 Å². The van der Waals surface area contributed by atoms with Crippen molar-refractivity contribution in [2.75, 3.05) is 19.0 Å². The molecule has 3 heterocycles. The van der Waals surface area contributed by atoms with Crippen LogP contribution in [0, 0.1) is 0 Å². The van der Waals surface area contributed by atoms with Gasteiger partial charge in [-0.05, 0) is 38.7 Å². The first-order valence-electron chi connectivity index (χ1n) is 9.74. The first kappa shape index (κ1) is 18.8. The first-order chi connectivity index (χ1) is 13.5. The molecular weight excluding hydrogens is 358 g/mol. The second-order valence-corrected chi connectivity index (χ2v) is 7.65. The number of methoxy groups -OCH3 is 1. The number of hydrogen-bond donors (Lipinski definition) is 2. The highest BCUT2D eigenvalue weighted by Crippen LogP contribution is 2.37. The van der Waals surface area contributed by atoms with Crippen LogP contribution in [0.2, 0.25) is 0 Å². The quantitative estimate of drug-likeness (QED) is 0.669. The molecule has 3 aromatic heterocycles. The summed E-state index contributed by atoms with van der Waals surface area (Å²) in [5, 5.41) is 26.3. The van der Waals surface area contributed by atoms with E-state index in [-0.39, 0.29) is 12.1 Å². The number of hydrogen-bond acceptors (Lipinski definition) is 7. The smallest absolute Gasteiger partial charge is 0.241 e. The van der Waals surface area contributed by atoms with Gasteiger partial charge in [0.05, 0.1) is 30.6 Å². The minimum atomic E-state index is -0.191. The van der Waals surface area contributed by atoms with E-state index in [1.807, 2.05) is 30.9 Å². The van der Waals surface area contributed by atoms with Crippen molar-refractivity contribution in [1.82, 2.24) is 29.6 Å². The molecule has 9 heteroatoms. The third-order valence-electron chi connectivity index (χ3n) is 5.33. The molecule has 0 aromatic carbocycles. The second-order valence-electron chi connectivity index (χ2n) is 7.65. The summed E-state index contributed by atoms with van der Waals surface area (Å²) < 4.78 is 8.86. The normalized spacial score (nSPS) is 21.1. The lowest BCUT2D eigenvalue weighted by molar-refractivity contribution is 0.121. The van der Waals surface area contributed by atoms with Crippen LogP contribution in [0.5, 0.6) is 0 Å². The molecule has 1 saturated carbocycles. The Morgan fingerprint density at radius 2 is 2.11 bits per heavy atom. The van der Waals surface area contributed by atoms with Crippen LogP contribution in [0.4, 0.5) is 5.95 Å². The van der Waals surface area contributed by atoms with Gasteiger partial charge in [0, 0.05) is 37.4 Å². The Hall–Kier alpha value is -2.52. The van der Waals surface area contributed by atoms with E-state index in [1.54, 1.807) is 11.8 Å². The number of aliphatic hydroxyl groups excluding tert-OH is 1. The maximum absolute atomic E-state index is 9.89. The van der Waals surface area contributed by atoms with Crippen molar-refractivity contribution in [2.24, 2.45) is 7.05 Å². The predicted octanol–water partition coefficient (Wildman–Crippen LogP) is 1.99. The number of rotatable bonds is 6. The SMILES string of the molecule is COCC(C)Nc1ncc2c(-c3cn(C)nn3)cc([C@H]3CC[C@H](O)CC3)n2n1. The molecule has 150 valence electrons. The van der Waals surface area contributed by atoms with E-state index in [4.69, 9.17) is 9.84 Å². The average Bonchev–Trinajstić information content (AvgIpc) is 3.26. The molecule has 0 aliphatic heterocycles. The number of aromatic nitrogens is 6. The molecule has 0 spiro atoms. The van der Waals surface area contributed by atoms with Crippen LogP contribution in [0.25, 0.3) is 16.8 Å². The van der Waals surface area contributed by atoms with E-state index in [9.17, 15) is 5.11 Å². The fourth-order valence-electron chi connectivity index (χ4n) is 3.93. The zero-order valence-electron chi connectivity index (χ0n) is 16.5. The van der Waals surface area contributed by atoms with Gasteiger partial charge in [-0.15, -0.1) is 10.2 Å². The lowest BCUT2D eigenvalue weighted by Gasteiger charge is -2.25. The van der Waals surface area contributed by atoms with Crippen LogP contribution >= 0.6 is 0 Å². The summed E-state index contributed by atoms with van der Waals surface area (Å²) in [6.07, 6.45) is 7.07. The molecule has 1 aliphatic carbocycles. The number of nitrogens with zero attached hydrogens (tertiary/aromatic N) is 6. The second kappa shape index (κ2) is 7.84. The predicted molar refractivity (Wildman–Crippen MR) is 105 cm³/mol. The monoisotopic (exact) mass is 385 g/mol. The van der Waals surface area contributed by atoms with E-state index in [1.165, 1.54) is 0 Å². The van der Waals surface area contributed by atoms with Crippen molar-refractivity contribution in [3.8, 4) is 11.3 Å². The van der Waals surface area contributed by atoms with Crippen molar-refractivity contribution < 1.29 is 9.84 Å². The Balaban J connectivity index is 1.76. The molecule has 0 radical (unpaired) electrons. The Bertz CT molecular complexity index is 943. The number of aliphatic hydroxyl groups is 1. The number of ether oxygens (including phenoxy) is 1. The van der Waals surface area contributed by atoms with Crippen molar-refractivity contribution in [3.63, 3.8) is 0 Å². The molecule has 0 saturated heterocycles. The maximum Gasteiger partial charge on any atom is 0.241 e. The fourth-order valence-corrected chi connectivity index (χ4v) is 3.93. The van der Waals surface area contributed by atoms with Gasteiger partial charge in [0.1, 0.15) is 5.69 Å². The zero-order chi connectivity index (χ0) is 19.7. The number of aryl methyl sites for hydroxylation is 1. The molecule has 1 fully saturated rings. The van der Waals surface area contributed by atoms with Crippen LogP contribution in [-0.2, 0) is 11.8 Å². The van der Waals surface area contributed by atoms with Gasteiger partial charge in [-0.2, -0.15) is 0 Å². The Labute approximate surface area is 163 Å². The molecule has 1 unspecified atom stereocenters. The third-order valence-corrected chi connectivity index (χ3v) is 5.33. The van der Waals surface area contributed by atoms with Crippen LogP contribution < -0.4 is 5.32 Å². The molecular formula is C19H27N7O2. The van der Waals surface area contributed by atoms with E-state index >= 15 is 0 Å². The number of nitrogens with one attached hydrogen (secondary N) is 1. The largest absolute Gasteiger partial charge is 0.393 e. The standard InChI is InChI=1S/C19H27N7O2/c1-12(11-28-3)21-19-20-9-18-15(16-10-25(2)24-22-16)8-17(26(18)23-19)13-4-6-14(27)7-5-13/h8-10,12-14,27H,4-7,11H2,1-3H3,(H,21,23)/t12?,13-,14-. The van der Waals surface area contributed by atoms with Gasteiger partial charge in [0.15, 0.2) is 0 Å². The van der Waals surface area contributed by atoms with Crippen molar-refractivity contribution in [3.05, 3.63) is 24.2 Å². The minimum absolute atomic E-state index is 0.103. The summed E-state index contributed by atoms with van der Waals surface area (Å²) in [6, 6.07) is 2.25. The van der Waals surface area contributed by atoms with Gasteiger partial charge in [0.25, 0.3) is 0 Å². The fraction of sp³-hybridized carbons (Fsp3) is 0.579. The zero-order valence-corrected chi connectivity index (χ0v) is 16.5. The summed E-state index contributed by atoms with van der Waals surface area (Å²) in [7, 11) is 3.53. The molecule has 1 atom stereocenters. The third kappa shape index (κ3) is 3.72. The van der Waals surface area contributed by atoms with Gasteiger partial charge in [-0.25, -0.2) is 9.50 Å². The van der Waals surface area contributed by atoms with Crippen molar-refractivity contribution in [2.45, 2.75) is 50.7 Å². The minimum Gasteiger partial charge on any atom is -0.393 e. The molecule has 0 amide bonds. The van der Waals surface area contributed by atoms with Crippen LogP contribution in [0.3, 0.4) is 0 Å². The van der Waals surface area contributed by atoms with Crippen LogP contribution in [0.15, 0.2) is 18.5 Å².